The zero-order valence-electron chi connectivity index (χ0n) is 15.5. The number of hydrogen-bond donors (Lipinski definition) is 0. The molecule has 2 aromatic rings. The van der Waals surface area contributed by atoms with E-state index in [1.807, 2.05) is 12.1 Å². The van der Waals surface area contributed by atoms with Crippen molar-refractivity contribution in [3.8, 4) is 17.1 Å². The average Bonchev–Trinajstić information content (AvgIpc) is 3.28. The second-order valence-corrected chi connectivity index (χ2v) is 6.85. The van der Waals surface area contributed by atoms with Crippen LogP contribution in [0.1, 0.15) is 38.0 Å². The number of amides is 4. The molecular formula is C19H20N4O5. The van der Waals surface area contributed by atoms with Gasteiger partial charge in [-0.2, -0.15) is 4.98 Å². The smallest absolute Gasteiger partial charge is 0.334 e. The van der Waals surface area contributed by atoms with Crippen molar-refractivity contribution in [3.05, 3.63) is 30.2 Å². The maximum Gasteiger partial charge on any atom is 0.334 e. The highest BCUT2D eigenvalue weighted by atomic mass is 16.5. The third kappa shape index (κ3) is 3.12. The van der Waals surface area contributed by atoms with Gasteiger partial charge in [0.1, 0.15) is 12.3 Å². The van der Waals surface area contributed by atoms with Gasteiger partial charge in [0.25, 0.3) is 0 Å². The van der Waals surface area contributed by atoms with Crippen molar-refractivity contribution in [2.24, 2.45) is 0 Å². The first kappa shape index (κ1) is 18.1. The van der Waals surface area contributed by atoms with Crippen molar-refractivity contribution in [2.75, 3.05) is 7.11 Å². The van der Waals surface area contributed by atoms with E-state index in [9.17, 15) is 14.4 Å². The number of methoxy groups -OCH3 is 1. The number of imide groups is 2. The molecule has 4 rings (SSSR count). The van der Waals surface area contributed by atoms with Gasteiger partial charge in [0, 0.05) is 6.04 Å². The van der Waals surface area contributed by atoms with Gasteiger partial charge in [-0.3, -0.25) is 14.5 Å². The molecule has 0 N–H and O–H groups in total. The summed E-state index contributed by atoms with van der Waals surface area (Å²) in [6, 6.07) is 6.33. The molecule has 1 saturated heterocycles. The molecule has 2 aliphatic rings. The zero-order valence-corrected chi connectivity index (χ0v) is 15.5. The molecule has 1 saturated carbocycles. The Balaban J connectivity index is 1.53. The minimum Gasteiger partial charge on any atom is -0.496 e. The fraction of sp³-hybridized carbons (Fsp3) is 0.421. The molecular weight excluding hydrogens is 364 g/mol. The van der Waals surface area contributed by atoms with Crippen LogP contribution in [0.5, 0.6) is 5.75 Å². The predicted octanol–water partition coefficient (Wildman–Crippen LogP) is 2.37. The summed E-state index contributed by atoms with van der Waals surface area (Å²) in [6.07, 6.45) is 4.44. The van der Waals surface area contributed by atoms with Gasteiger partial charge in [-0.1, -0.05) is 36.6 Å². The van der Waals surface area contributed by atoms with Crippen molar-refractivity contribution >= 4 is 17.8 Å². The topological polar surface area (TPSA) is 106 Å². The summed E-state index contributed by atoms with van der Waals surface area (Å²) in [5.74, 6) is -0.710. The lowest BCUT2D eigenvalue weighted by atomic mass is 9.94. The number of hydrogen-bond acceptors (Lipinski definition) is 7. The Morgan fingerprint density at radius 3 is 2.61 bits per heavy atom. The Hall–Kier alpha value is -3.23. The van der Waals surface area contributed by atoms with Crippen molar-refractivity contribution < 1.29 is 23.6 Å². The van der Waals surface area contributed by atoms with Crippen molar-refractivity contribution in [2.45, 2.75) is 44.7 Å². The van der Waals surface area contributed by atoms with E-state index < -0.39 is 17.8 Å². The molecule has 2 fully saturated rings. The van der Waals surface area contributed by atoms with Crippen LogP contribution in [0.25, 0.3) is 11.4 Å². The average molecular weight is 384 g/mol. The van der Waals surface area contributed by atoms with Crippen LogP contribution in [0.4, 0.5) is 4.79 Å². The summed E-state index contributed by atoms with van der Waals surface area (Å²) in [5.41, 5.74) is 0.624. The summed E-state index contributed by atoms with van der Waals surface area (Å²) in [6.45, 7) is -0.241. The van der Waals surface area contributed by atoms with Crippen LogP contribution in [-0.2, 0) is 16.1 Å². The van der Waals surface area contributed by atoms with Gasteiger partial charge < -0.3 is 9.26 Å². The summed E-state index contributed by atoms with van der Waals surface area (Å²) >= 11 is 0. The van der Waals surface area contributed by atoms with Crippen molar-refractivity contribution in [1.82, 2.24) is 19.9 Å². The first-order chi connectivity index (χ1) is 13.6. The Labute approximate surface area is 161 Å². The fourth-order valence-corrected chi connectivity index (χ4v) is 3.72. The molecule has 28 heavy (non-hydrogen) atoms. The molecule has 1 aliphatic carbocycles. The van der Waals surface area contributed by atoms with E-state index in [2.05, 4.69) is 10.1 Å². The van der Waals surface area contributed by atoms with Crippen molar-refractivity contribution in [3.63, 3.8) is 0 Å². The zero-order chi connectivity index (χ0) is 19.7. The molecule has 1 aromatic heterocycles. The summed E-state index contributed by atoms with van der Waals surface area (Å²) in [7, 11) is 1.53. The standard InChI is InChI=1S/C19H20N4O5/c1-27-14-10-6-5-9-13(14)16-20-15(28-21-16)11-22-17(24)18(25)23(19(22)26)12-7-3-2-4-8-12/h5-6,9-10,12H,2-4,7-8,11H2,1H3. The number of nitrogens with zero attached hydrogens (tertiary/aromatic N) is 4. The van der Waals surface area contributed by atoms with Gasteiger partial charge in [-0.25, -0.2) is 9.69 Å². The highest BCUT2D eigenvalue weighted by Gasteiger charge is 2.48. The first-order valence-corrected chi connectivity index (χ1v) is 9.25. The minimum absolute atomic E-state index is 0.0703. The molecule has 0 spiro atoms. The molecule has 1 aliphatic heterocycles. The maximum absolute atomic E-state index is 12.7. The van der Waals surface area contributed by atoms with Gasteiger partial charge in [0.2, 0.25) is 11.7 Å². The lowest BCUT2D eigenvalue weighted by Crippen LogP contribution is -2.42. The summed E-state index contributed by atoms with van der Waals surface area (Å²) < 4.78 is 10.5. The second-order valence-electron chi connectivity index (χ2n) is 6.85. The molecule has 9 nitrogen and oxygen atoms in total. The number of para-hydroxylation sites is 1. The van der Waals surface area contributed by atoms with E-state index >= 15 is 0 Å². The Kier molecular flexibility index (Phi) is 4.81. The monoisotopic (exact) mass is 384 g/mol. The number of carbonyl (C=O) groups excluding carboxylic acids is 3. The molecule has 4 amide bonds. The number of rotatable bonds is 5. The van der Waals surface area contributed by atoms with Crippen molar-refractivity contribution in [1.29, 1.82) is 0 Å². The fourth-order valence-electron chi connectivity index (χ4n) is 3.72. The highest BCUT2D eigenvalue weighted by Crippen LogP contribution is 2.29. The first-order valence-electron chi connectivity index (χ1n) is 9.25. The van der Waals surface area contributed by atoms with Crippen LogP contribution in [0.3, 0.4) is 0 Å². The quantitative estimate of drug-likeness (QED) is 0.575. The van der Waals surface area contributed by atoms with Gasteiger partial charge in [0.05, 0.1) is 12.7 Å². The summed E-state index contributed by atoms with van der Waals surface area (Å²) in [5, 5.41) is 3.90. The number of carbonyl (C=O) groups is 3. The molecule has 1 aromatic carbocycles. The predicted molar refractivity (Wildman–Crippen MR) is 96.0 cm³/mol. The van der Waals surface area contributed by atoms with E-state index in [4.69, 9.17) is 9.26 Å². The van der Waals surface area contributed by atoms with Gasteiger partial charge in [-0.15, -0.1) is 0 Å². The molecule has 146 valence electrons. The van der Waals surface area contributed by atoms with Gasteiger partial charge >= 0.3 is 17.8 Å². The lowest BCUT2D eigenvalue weighted by molar-refractivity contribution is -0.144. The Bertz CT molecular complexity index is 919. The van der Waals surface area contributed by atoms with E-state index in [1.165, 1.54) is 7.11 Å². The van der Waals surface area contributed by atoms with E-state index in [-0.39, 0.29) is 24.3 Å². The number of urea groups is 1. The Morgan fingerprint density at radius 2 is 1.86 bits per heavy atom. The highest BCUT2D eigenvalue weighted by molar-refractivity contribution is 6.44. The van der Waals surface area contributed by atoms with Crippen LogP contribution in [-0.4, -0.2) is 50.9 Å². The molecule has 0 atom stereocenters. The van der Waals surface area contributed by atoms with E-state index in [0.29, 0.717) is 11.3 Å². The molecule has 0 radical (unpaired) electrons. The van der Waals surface area contributed by atoms with E-state index in [1.54, 1.807) is 12.1 Å². The molecule has 0 bridgehead atoms. The van der Waals surface area contributed by atoms with Gasteiger partial charge in [-0.05, 0) is 25.0 Å². The normalized spacial score (nSPS) is 18.2. The van der Waals surface area contributed by atoms with Gasteiger partial charge in [0.15, 0.2) is 0 Å². The Morgan fingerprint density at radius 1 is 1.11 bits per heavy atom. The summed E-state index contributed by atoms with van der Waals surface area (Å²) in [4.78, 5) is 43.6. The van der Waals surface area contributed by atoms with E-state index in [0.717, 1.165) is 41.9 Å². The maximum atomic E-state index is 12.7. The minimum atomic E-state index is -0.854. The van der Waals surface area contributed by atoms with Crippen LogP contribution in [0.15, 0.2) is 28.8 Å². The second kappa shape index (κ2) is 7.41. The number of aromatic nitrogens is 2. The van der Waals surface area contributed by atoms with Crippen LogP contribution in [0.2, 0.25) is 0 Å². The number of ether oxygens (including phenoxy) is 1. The van der Waals surface area contributed by atoms with Crippen LogP contribution >= 0.6 is 0 Å². The molecule has 0 unspecified atom stereocenters. The number of benzene rings is 1. The SMILES string of the molecule is COc1ccccc1-c1noc(CN2C(=O)C(=O)N(C3CCCCC3)C2=O)n1. The third-order valence-corrected chi connectivity index (χ3v) is 5.13. The largest absolute Gasteiger partial charge is 0.496 e. The lowest BCUT2D eigenvalue weighted by Gasteiger charge is -2.28. The third-order valence-electron chi connectivity index (χ3n) is 5.13. The van der Waals surface area contributed by atoms with Crippen LogP contribution < -0.4 is 4.74 Å². The van der Waals surface area contributed by atoms with Crippen LogP contribution in [0, 0.1) is 0 Å². The molecule has 2 heterocycles. The molecule has 9 heteroatoms.